The lowest BCUT2D eigenvalue weighted by Crippen LogP contribution is -2.47. The number of anilines is 2. The second-order valence-corrected chi connectivity index (χ2v) is 11.9. The zero-order chi connectivity index (χ0) is 29.5. The second-order valence-electron chi connectivity index (χ2n) is 10.9. The number of benzene rings is 2. The molecule has 8 nitrogen and oxygen atoms in total. The van der Waals surface area contributed by atoms with Gasteiger partial charge in [-0.3, -0.25) is 19.4 Å². The van der Waals surface area contributed by atoms with Crippen molar-refractivity contribution in [2.45, 2.75) is 38.7 Å². The van der Waals surface area contributed by atoms with Gasteiger partial charge in [-0.1, -0.05) is 12.1 Å². The van der Waals surface area contributed by atoms with Crippen LogP contribution in [0.1, 0.15) is 30.9 Å². The van der Waals surface area contributed by atoms with E-state index in [9.17, 15) is 14.0 Å². The maximum Gasteiger partial charge on any atom is 0.236 e. The Morgan fingerprint density at radius 3 is 2.62 bits per heavy atom. The Bertz CT molecular complexity index is 1370. The minimum absolute atomic E-state index is 0.126. The quantitative estimate of drug-likeness (QED) is 0.265. The molecule has 1 saturated heterocycles. The van der Waals surface area contributed by atoms with Crippen LogP contribution in [0.15, 0.2) is 41.8 Å². The van der Waals surface area contributed by atoms with Gasteiger partial charge in [0, 0.05) is 62.0 Å². The van der Waals surface area contributed by atoms with Gasteiger partial charge in [0.05, 0.1) is 44.6 Å². The molecular formula is C32H40FN3O5S. The van der Waals surface area contributed by atoms with Crippen LogP contribution in [0.2, 0.25) is 0 Å². The summed E-state index contributed by atoms with van der Waals surface area (Å²) in [6.07, 6.45) is 1.59. The van der Waals surface area contributed by atoms with Gasteiger partial charge < -0.3 is 19.1 Å². The Labute approximate surface area is 250 Å². The first-order chi connectivity index (χ1) is 20.4. The standard InChI is InChI=1S/C32H40FN3O5S/c1-23(41-17-16-40-15-14-39-2)19-32(38)36-28-20-24(3-4-25(28)5-6-31(36)37)7-9-34-10-12-35(13-11-34)29-21-26(33)22-30-27(29)8-18-42-30/h3-4,8,18,20-23H,5-7,9-17,19H2,1-2H3. The van der Waals surface area contributed by atoms with E-state index in [1.807, 2.05) is 18.4 Å². The summed E-state index contributed by atoms with van der Waals surface area (Å²) in [6.45, 7) is 8.02. The lowest BCUT2D eigenvalue weighted by atomic mass is 9.97. The van der Waals surface area contributed by atoms with E-state index >= 15 is 0 Å². The molecule has 5 rings (SSSR count). The first-order valence-electron chi connectivity index (χ1n) is 14.7. The number of fused-ring (bicyclic) bond motifs is 2. The summed E-state index contributed by atoms with van der Waals surface area (Å²) >= 11 is 1.57. The summed E-state index contributed by atoms with van der Waals surface area (Å²) < 4.78 is 31.3. The third-order valence-corrected chi connectivity index (χ3v) is 8.83. The van der Waals surface area contributed by atoms with E-state index in [0.717, 1.165) is 66.0 Å². The molecule has 0 bridgehead atoms. The number of rotatable bonds is 13. The van der Waals surface area contributed by atoms with Gasteiger partial charge in [0.15, 0.2) is 0 Å². The fourth-order valence-corrected chi connectivity index (χ4v) is 6.51. The summed E-state index contributed by atoms with van der Waals surface area (Å²) in [6, 6.07) is 11.5. The molecule has 1 atom stereocenters. The average Bonchev–Trinajstić information content (AvgIpc) is 3.46. The summed E-state index contributed by atoms with van der Waals surface area (Å²) in [5, 5.41) is 3.13. The molecule has 2 amide bonds. The average molecular weight is 598 g/mol. The van der Waals surface area contributed by atoms with E-state index in [1.165, 1.54) is 4.90 Å². The summed E-state index contributed by atoms with van der Waals surface area (Å²) in [4.78, 5) is 32.2. The number of piperazine rings is 1. The number of aryl methyl sites for hydroxylation is 1. The van der Waals surface area contributed by atoms with Gasteiger partial charge in [0.2, 0.25) is 11.8 Å². The van der Waals surface area contributed by atoms with E-state index in [0.29, 0.717) is 45.0 Å². The molecule has 1 aromatic heterocycles. The number of amides is 2. The molecule has 1 unspecified atom stereocenters. The molecule has 3 aromatic rings. The molecule has 0 aliphatic carbocycles. The van der Waals surface area contributed by atoms with E-state index < -0.39 is 0 Å². The molecule has 1 fully saturated rings. The molecule has 3 heterocycles. The summed E-state index contributed by atoms with van der Waals surface area (Å²) in [5.41, 5.74) is 3.81. The SMILES string of the molecule is COCCOCCOC(C)CC(=O)N1C(=O)CCc2ccc(CCN3CCN(c4cc(F)cc5sccc45)CC3)cc21. The van der Waals surface area contributed by atoms with Crippen molar-refractivity contribution < 1.29 is 28.2 Å². The molecule has 10 heteroatoms. The van der Waals surface area contributed by atoms with Crippen molar-refractivity contribution in [1.82, 2.24) is 4.90 Å². The first-order valence-corrected chi connectivity index (χ1v) is 15.6. The van der Waals surface area contributed by atoms with Crippen LogP contribution in [0.3, 0.4) is 0 Å². The molecular weight excluding hydrogens is 557 g/mol. The third-order valence-electron chi connectivity index (χ3n) is 7.97. The highest BCUT2D eigenvalue weighted by molar-refractivity contribution is 7.17. The minimum Gasteiger partial charge on any atom is -0.382 e. The molecule has 0 spiro atoms. The van der Waals surface area contributed by atoms with Crippen molar-refractivity contribution in [2.24, 2.45) is 0 Å². The van der Waals surface area contributed by atoms with Gasteiger partial charge in [-0.15, -0.1) is 11.3 Å². The number of carbonyl (C=O) groups excluding carboxylic acids is 2. The Morgan fingerprint density at radius 1 is 1.00 bits per heavy atom. The van der Waals surface area contributed by atoms with E-state index in [1.54, 1.807) is 30.6 Å². The van der Waals surface area contributed by atoms with Gasteiger partial charge in [0.1, 0.15) is 5.82 Å². The van der Waals surface area contributed by atoms with Crippen molar-refractivity contribution in [1.29, 1.82) is 0 Å². The molecule has 2 aromatic carbocycles. The predicted molar refractivity (Wildman–Crippen MR) is 164 cm³/mol. The number of hydrogen-bond donors (Lipinski definition) is 0. The number of thiophene rings is 1. The van der Waals surface area contributed by atoms with Crippen LogP contribution < -0.4 is 9.80 Å². The van der Waals surface area contributed by atoms with Crippen molar-refractivity contribution in [2.75, 3.05) is 76.1 Å². The monoisotopic (exact) mass is 597 g/mol. The Morgan fingerprint density at radius 2 is 1.81 bits per heavy atom. The third kappa shape index (κ3) is 7.54. The largest absolute Gasteiger partial charge is 0.382 e. The smallest absolute Gasteiger partial charge is 0.236 e. The lowest BCUT2D eigenvalue weighted by molar-refractivity contribution is -0.128. The van der Waals surface area contributed by atoms with Crippen molar-refractivity contribution in [3.63, 3.8) is 0 Å². The molecule has 0 N–H and O–H groups in total. The number of hydrogen-bond acceptors (Lipinski definition) is 8. The van der Waals surface area contributed by atoms with Crippen LogP contribution in [0.4, 0.5) is 15.8 Å². The van der Waals surface area contributed by atoms with Crippen LogP contribution in [-0.4, -0.2) is 89.1 Å². The highest BCUT2D eigenvalue weighted by Crippen LogP contribution is 2.33. The summed E-state index contributed by atoms with van der Waals surface area (Å²) in [7, 11) is 1.62. The zero-order valence-electron chi connectivity index (χ0n) is 24.5. The number of imide groups is 1. The Kier molecular flexibility index (Phi) is 10.6. The molecule has 42 heavy (non-hydrogen) atoms. The van der Waals surface area contributed by atoms with Gasteiger partial charge in [-0.2, -0.15) is 0 Å². The van der Waals surface area contributed by atoms with Crippen molar-refractivity contribution in [3.8, 4) is 0 Å². The molecule has 0 saturated carbocycles. The number of carbonyl (C=O) groups is 2. The summed E-state index contributed by atoms with van der Waals surface area (Å²) in [5.74, 6) is -0.585. The maximum atomic E-state index is 14.2. The zero-order valence-corrected chi connectivity index (χ0v) is 25.3. The fourth-order valence-electron chi connectivity index (χ4n) is 5.68. The molecule has 2 aliphatic rings. The van der Waals surface area contributed by atoms with Gasteiger partial charge in [0.25, 0.3) is 0 Å². The molecule has 0 radical (unpaired) electrons. The Hall–Kier alpha value is -2.89. The van der Waals surface area contributed by atoms with E-state index in [-0.39, 0.29) is 30.2 Å². The maximum absolute atomic E-state index is 14.2. The Balaban J connectivity index is 1.14. The predicted octanol–water partition coefficient (Wildman–Crippen LogP) is 4.67. The van der Waals surface area contributed by atoms with E-state index in [4.69, 9.17) is 14.2 Å². The van der Waals surface area contributed by atoms with Crippen molar-refractivity contribution >= 4 is 44.6 Å². The number of ether oxygens (including phenoxy) is 3. The minimum atomic E-state index is -0.327. The topological polar surface area (TPSA) is 71.5 Å². The first kappa shape index (κ1) is 30.6. The van der Waals surface area contributed by atoms with Crippen molar-refractivity contribution in [3.05, 3.63) is 58.7 Å². The van der Waals surface area contributed by atoms with Crippen LogP contribution in [0.25, 0.3) is 10.1 Å². The normalized spacial score (nSPS) is 16.7. The van der Waals surface area contributed by atoms with Gasteiger partial charge >= 0.3 is 0 Å². The van der Waals surface area contributed by atoms with Crippen LogP contribution in [0.5, 0.6) is 0 Å². The van der Waals surface area contributed by atoms with E-state index in [2.05, 4.69) is 28.0 Å². The van der Waals surface area contributed by atoms with Crippen LogP contribution in [-0.2, 0) is 36.6 Å². The fraction of sp³-hybridized carbons (Fsp3) is 0.500. The lowest BCUT2D eigenvalue weighted by Gasteiger charge is -2.36. The van der Waals surface area contributed by atoms with Gasteiger partial charge in [-0.05, 0) is 60.5 Å². The highest BCUT2D eigenvalue weighted by atomic mass is 32.1. The highest BCUT2D eigenvalue weighted by Gasteiger charge is 2.30. The second kappa shape index (κ2) is 14.5. The number of methoxy groups -OCH3 is 1. The molecule has 226 valence electrons. The van der Waals surface area contributed by atoms with Crippen LogP contribution in [0, 0.1) is 5.82 Å². The van der Waals surface area contributed by atoms with Crippen LogP contribution >= 0.6 is 11.3 Å². The van der Waals surface area contributed by atoms with Gasteiger partial charge in [-0.25, -0.2) is 4.39 Å². The number of halogens is 1. The molecule has 2 aliphatic heterocycles. The number of nitrogens with zero attached hydrogens (tertiary/aromatic N) is 3.